The molecule has 2 N–H and O–H groups in total. The zero-order chi connectivity index (χ0) is 7.44. The van der Waals surface area contributed by atoms with Crippen LogP contribution in [0.3, 0.4) is 0 Å². The Hall–Kier alpha value is 0.0500. The first-order valence-electron chi connectivity index (χ1n) is 2.61. The van der Waals surface area contributed by atoms with Gasteiger partial charge in [-0.25, -0.2) is 0 Å². The van der Waals surface area contributed by atoms with Gasteiger partial charge in [0.2, 0.25) is 5.91 Å². The van der Waals surface area contributed by atoms with Gasteiger partial charge in [-0.1, -0.05) is 6.92 Å². The molecule has 54 valence electrons. The number of nitrogens with two attached hydrogens (primary N) is 1. The van der Waals surface area contributed by atoms with Gasteiger partial charge in [-0.3, -0.25) is 4.79 Å². The molecule has 0 radical (unpaired) electrons. The molecule has 0 aliphatic heterocycles. The molecule has 0 bridgehead atoms. The highest BCUT2D eigenvalue weighted by molar-refractivity contribution is 6.44. The summed E-state index contributed by atoms with van der Waals surface area (Å²) in [4.78, 5) is 9.85. The quantitative estimate of drug-likeness (QED) is 0.637. The first kappa shape index (κ1) is 9.05. The zero-order valence-electron chi connectivity index (χ0n) is 5.10. The molecule has 4 heteroatoms. The van der Waals surface area contributed by atoms with E-state index in [1.165, 1.54) is 0 Å². The lowest BCUT2D eigenvalue weighted by Crippen LogP contribution is -2.21. The molecule has 9 heavy (non-hydrogen) atoms. The second-order valence-corrected chi connectivity index (χ2v) is 3.21. The maximum absolute atomic E-state index is 10.3. The van der Waals surface area contributed by atoms with E-state index in [2.05, 4.69) is 0 Å². The number of hydrogen-bond acceptors (Lipinski definition) is 1. The number of hydrogen-bond donors (Lipinski definition) is 1. The Kier molecular flexibility index (Phi) is 3.98. The van der Waals surface area contributed by atoms with Gasteiger partial charge in [-0.2, -0.15) is 0 Å². The maximum Gasteiger partial charge on any atom is 0.220 e. The molecular formula is C5H9Cl2NO. The van der Waals surface area contributed by atoms with Crippen LogP contribution < -0.4 is 5.73 Å². The summed E-state index contributed by atoms with van der Waals surface area (Å²) in [6, 6.07) is 0. The van der Waals surface area contributed by atoms with Gasteiger partial charge < -0.3 is 5.73 Å². The minimum atomic E-state index is -0.493. The fourth-order valence-electron chi connectivity index (χ4n) is 0.383. The molecular weight excluding hydrogens is 161 g/mol. The van der Waals surface area contributed by atoms with Crippen LogP contribution in [-0.2, 0) is 4.79 Å². The zero-order valence-corrected chi connectivity index (χ0v) is 6.62. The Labute approximate surface area is 64.3 Å². The van der Waals surface area contributed by atoms with Crippen LogP contribution >= 0.6 is 23.2 Å². The Morgan fingerprint density at radius 3 is 2.22 bits per heavy atom. The molecule has 0 aromatic carbocycles. The summed E-state index contributed by atoms with van der Waals surface area (Å²) >= 11 is 10.7. The van der Waals surface area contributed by atoms with Gasteiger partial charge in [0.05, 0.1) is 0 Å². The molecule has 0 aliphatic carbocycles. The van der Waals surface area contributed by atoms with Crippen molar-refractivity contribution in [3.8, 4) is 0 Å². The van der Waals surface area contributed by atoms with Gasteiger partial charge in [0.15, 0.2) is 0 Å². The Morgan fingerprint density at radius 2 is 2.11 bits per heavy atom. The van der Waals surface area contributed by atoms with Crippen molar-refractivity contribution in [3.63, 3.8) is 0 Å². The Morgan fingerprint density at radius 1 is 1.67 bits per heavy atom. The van der Waals surface area contributed by atoms with Crippen LogP contribution in [0.15, 0.2) is 0 Å². The summed E-state index contributed by atoms with van der Waals surface area (Å²) in [6.07, 6.45) is 0.429. The average molecular weight is 170 g/mol. The summed E-state index contributed by atoms with van der Waals surface area (Å²) in [6.45, 7) is 1.69. The lowest BCUT2D eigenvalue weighted by Gasteiger charge is -2.05. The third kappa shape index (κ3) is 4.55. The van der Waals surface area contributed by atoms with Crippen molar-refractivity contribution in [3.05, 3.63) is 0 Å². The monoisotopic (exact) mass is 169 g/mol. The largest absolute Gasteiger partial charge is 0.369 e. The molecule has 0 rings (SSSR count). The van der Waals surface area contributed by atoms with Gasteiger partial charge in [-0.15, -0.1) is 23.2 Å². The van der Waals surface area contributed by atoms with E-state index in [1.54, 1.807) is 6.92 Å². The topological polar surface area (TPSA) is 43.1 Å². The number of alkyl halides is 2. The predicted octanol–water partition coefficient (Wildman–Crippen LogP) is 1.30. The molecule has 1 atom stereocenters. The second-order valence-electron chi connectivity index (χ2n) is 1.93. The standard InChI is InChI=1S/C5H9Cl2NO/c1-3(5(8)9)2-4(6)7/h3-4H,2H2,1H3,(H2,8,9). The summed E-state index contributed by atoms with van der Waals surface area (Å²) in [7, 11) is 0. The highest BCUT2D eigenvalue weighted by Gasteiger charge is 2.11. The molecule has 1 unspecified atom stereocenters. The smallest absolute Gasteiger partial charge is 0.220 e. The van der Waals surface area contributed by atoms with Crippen molar-refractivity contribution < 1.29 is 4.79 Å². The van der Waals surface area contributed by atoms with Crippen LogP contribution in [-0.4, -0.2) is 10.7 Å². The van der Waals surface area contributed by atoms with Crippen molar-refractivity contribution >= 4 is 29.1 Å². The van der Waals surface area contributed by atoms with E-state index in [4.69, 9.17) is 28.9 Å². The minimum Gasteiger partial charge on any atom is -0.369 e. The maximum atomic E-state index is 10.3. The molecule has 0 heterocycles. The molecule has 0 spiro atoms. The van der Waals surface area contributed by atoms with Crippen molar-refractivity contribution in [1.29, 1.82) is 0 Å². The van der Waals surface area contributed by atoms with E-state index in [0.717, 1.165) is 0 Å². The SMILES string of the molecule is CC(CC(Cl)Cl)C(N)=O. The summed E-state index contributed by atoms with van der Waals surface area (Å²) < 4.78 is 0. The van der Waals surface area contributed by atoms with E-state index in [1.807, 2.05) is 0 Å². The van der Waals surface area contributed by atoms with Gasteiger partial charge >= 0.3 is 0 Å². The van der Waals surface area contributed by atoms with Crippen molar-refractivity contribution in [1.82, 2.24) is 0 Å². The first-order chi connectivity index (χ1) is 4.04. The summed E-state index contributed by atoms with van der Waals surface area (Å²) in [5, 5.41) is 0. The number of halogens is 2. The van der Waals surface area contributed by atoms with Crippen LogP contribution in [0.5, 0.6) is 0 Å². The molecule has 1 amide bonds. The van der Waals surface area contributed by atoms with Crippen molar-refractivity contribution in [2.75, 3.05) is 0 Å². The number of carbonyl (C=O) groups is 1. The van der Waals surface area contributed by atoms with Crippen molar-refractivity contribution in [2.24, 2.45) is 11.7 Å². The summed E-state index contributed by atoms with van der Waals surface area (Å²) in [5.74, 6) is -0.591. The van der Waals surface area contributed by atoms with Crippen LogP contribution in [0.25, 0.3) is 0 Å². The van der Waals surface area contributed by atoms with Gasteiger partial charge in [-0.05, 0) is 6.42 Å². The van der Waals surface area contributed by atoms with Crippen LogP contribution in [0, 0.1) is 5.92 Å². The van der Waals surface area contributed by atoms with E-state index in [0.29, 0.717) is 6.42 Å². The minimum absolute atomic E-state index is 0.231. The second kappa shape index (κ2) is 3.96. The molecule has 2 nitrogen and oxygen atoms in total. The van der Waals surface area contributed by atoms with E-state index in [-0.39, 0.29) is 11.8 Å². The molecule has 0 saturated carbocycles. The van der Waals surface area contributed by atoms with Gasteiger partial charge in [0.25, 0.3) is 0 Å². The number of primary amides is 1. The fraction of sp³-hybridized carbons (Fsp3) is 0.800. The molecule has 0 saturated heterocycles. The third-order valence-electron chi connectivity index (χ3n) is 1.02. The number of amides is 1. The number of rotatable bonds is 3. The van der Waals surface area contributed by atoms with Gasteiger partial charge in [0, 0.05) is 5.92 Å². The molecule has 0 aromatic heterocycles. The van der Waals surface area contributed by atoms with E-state index in [9.17, 15) is 4.79 Å². The lowest BCUT2D eigenvalue weighted by molar-refractivity contribution is -0.121. The van der Waals surface area contributed by atoms with Gasteiger partial charge in [0.1, 0.15) is 4.84 Å². The molecule has 0 aliphatic rings. The number of carbonyl (C=O) groups excluding carboxylic acids is 1. The third-order valence-corrected chi connectivity index (χ3v) is 1.37. The van der Waals surface area contributed by atoms with Crippen LogP contribution in [0.4, 0.5) is 0 Å². The normalized spacial score (nSPS) is 13.8. The lowest BCUT2D eigenvalue weighted by atomic mass is 10.1. The van der Waals surface area contributed by atoms with E-state index >= 15 is 0 Å². The first-order valence-corrected chi connectivity index (χ1v) is 3.48. The fourth-order valence-corrected chi connectivity index (χ4v) is 0.918. The predicted molar refractivity (Wildman–Crippen MR) is 38.5 cm³/mol. The van der Waals surface area contributed by atoms with Crippen LogP contribution in [0.1, 0.15) is 13.3 Å². The average Bonchev–Trinajstić information content (AvgIpc) is 1.63. The van der Waals surface area contributed by atoms with E-state index < -0.39 is 4.84 Å². The Balaban J connectivity index is 3.50. The Bertz CT molecular complexity index is 105. The highest BCUT2D eigenvalue weighted by Crippen LogP contribution is 2.13. The molecule has 0 fully saturated rings. The highest BCUT2D eigenvalue weighted by atomic mass is 35.5. The molecule has 0 aromatic rings. The summed E-state index contributed by atoms with van der Waals surface area (Å²) in [5.41, 5.74) is 4.93. The van der Waals surface area contributed by atoms with Crippen molar-refractivity contribution in [2.45, 2.75) is 18.2 Å². The van der Waals surface area contributed by atoms with Crippen LogP contribution in [0.2, 0.25) is 0 Å².